The maximum Gasteiger partial charge on any atom is 0.0393 e. The van der Waals surface area contributed by atoms with Crippen LogP contribution in [0.3, 0.4) is 0 Å². The second-order valence-electron chi connectivity index (χ2n) is 5.04. The minimum Gasteiger partial charge on any atom is -0.384 e. The molecule has 0 spiro atoms. The Morgan fingerprint density at radius 2 is 1.88 bits per heavy atom. The summed E-state index contributed by atoms with van der Waals surface area (Å²) in [4.78, 5) is 6.68. The highest BCUT2D eigenvalue weighted by Gasteiger charge is 2.12. The molecule has 0 aromatic carbocycles. The van der Waals surface area contributed by atoms with Gasteiger partial charge in [-0.3, -0.25) is 9.88 Å². The van der Waals surface area contributed by atoms with Crippen LogP contribution in [0.4, 0.5) is 5.69 Å². The molecule has 0 amide bonds. The first-order chi connectivity index (χ1) is 8.00. The first kappa shape index (κ1) is 14.0. The standard InChI is InChI=1S/C14H25N3/c1-11(2)17(12(3)4)9-8-16-14-6-7-15-13(5)10-14/h6-7,10-12H,8-9H2,1-5H3,(H,15,16). The third-order valence-electron chi connectivity index (χ3n) is 2.92. The van der Waals surface area contributed by atoms with Crippen LogP contribution >= 0.6 is 0 Å². The van der Waals surface area contributed by atoms with Gasteiger partial charge in [0.05, 0.1) is 0 Å². The molecule has 0 saturated heterocycles. The topological polar surface area (TPSA) is 28.2 Å². The molecule has 0 aliphatic rings. The summed E-state index contributed by atoms with van der Waals surface area (Å²) in [6, 6.07) is 5.28. The molecule has 0 aliphatic carbocycles. The molecule has 0 fully saturated rings. The van der Waals surface area contributed by atoms with Crippen LogP contribution < -0.4 is 5.32 Å². The number of aromatic nitrogens is 1. The number of hydrogen-bond donors (Lipinski definition) is 1. The lowest BCUT2D eigenvalue weighted by atomic mass is 10.2. The zero-order valence-electron chi connectivity index (χ0n) is 11.7. The van der Waals surface area contributed by atoms with E-state index in [1.807, 2.05) is 19.2 Å². The maximum atomic E-state index is 4.19. The van der Waals surface area contributed by atoms with Gasteiger partial charge in [0.25, 0.3) is 0 Å². The predicted molar refractivity (Wildman–Crippen MR) is 74.4 cm³/mol. The number of pyridine rings is 1. The zero-order valence-corrected chi connectivity index (χ0v) is 11.7. The molecule has 0 aliphatic heterocycles. The molecule has 1 aromatic rings. The van der Waals surface area contributed by atoms with Gasteiger partial charge >= 0.3 is 0 Å². The van der Waals surface area contributed by atoms with Gasteiger partial charge in [-0.15, -0.1) is 0 Å². The molecule has 3 heteroatoms. The number of aryl methyl sites for hydroxylation is 1. The van der Waals surface area contributed by atoms with E-state index in [1.165, 1.54) is 0 Å². The van der Waals surface area contributed by atoms with Crippen LogP contribution in [-0.4, -0.2) is 35.1 Å². The number of nitrogens with zero attached hydrogens (tertiary/aromatic N) is 2. The first-order valence-corrected chi connectivity index (χ1v) is 6.43. The highest BCUT2D eigenvalue weighted by Crippen LogP contribution is 2.08. The van der Waals surface area contributed by atoms with Gasteiger partial charge in [-0.1, -0.05) is 0 Å². The number of hydrogen-bond acceptors (Lipinski definition) is 3. The van der Waals surface area contributed by atoms with Gasteiger partial charge in [-0.2, -0.15) is 0 Å². The van der Waals surface area contributed by atoms with Gasteiger partial charge in [0, 0.05) is 42.8 Å². The van der Waals surface area contributed by atoms with Gasteiger partial charge in [0.15, 0.2) is 0 Å². The van der Waals surface area contributed by atoms with Crippen molar-refractivity contribution in [2.45, 2.75) is 46.7 Å². The molecule has 0 unspecified atom stereocenters. The molecule has 0 radical (unpaired) electrons. The van der Waals surface area contributed by atoms with E-state index in [0.717, 1.165) is 24.5 Å². The molecular weight excluding hydrogens is 210 g/mol. The van der Waals surface area contributed by atoms with Crippen molar-refractivity contribution in [3.8, 4) is 0 Å². The first-order valence-electron chi connectivity index (χ1n) is 6.43. The average molecular weight is 235 g/mol. The molecule has 1 aromatic heterocycles. The van der Waals surface area contributed by atoms with Crippen molar-refractivity contribution in [3.05, 3.63) is 24.0 Å². The van der Waals surface area contributed by atoms with Crippen molar-refractivity contribution < 1.29 is 0 Å². The van der Waals surface area contributed by atoms with Crippen molar-refractivity contribution in [2.75, 3.05) is 18.4 Å². The Morgan fingerprint density at radius 1 is 1.24 bits per heavy atom. The van der Waals surface area contributed by atoms with Gasteiger partial charge < -0.3 is 5.32 Å². The molecule has 0 saturated carbocycles. The Morgan fingerprint density at radius 3 is 2.41 bits per heavy atom. The lowest BCUT2D eigenvalue weighted by Gasteiger charge is -2.30. The monoisotopic (exact) mass is 235 g/mol. The highest BCUT2D eigenvalue weighted by molar-refractivity contribution is 5.42. The highest BCUT2D eigenvalue weighted by atomic mass is 15.2. The van der Waals surface area contributed by atoms with Gasteiger partial charge in [0.2, 0.25) is 0 Å². The van der Waals surface area contributed by atoms with Crippen molar-refractivity contribution in [1.82, 2.24) is 9.88 Å². The lowest BCUT2D eigenvalue weighted by Crippen LogP contribution is -2.40. The molecule has 1 heterocycles. The molecule has 0 atom stereocenters. The molecule has 3 nitrogen and oxygen atoms in total. The van der Waals surface area contributed by atoms with Crippen molar-refractivity contribution in [1.29, 1.82) is 0 Å². The molecule has 17 heavy (non-hydrogen) atoms. The van der Waals surface area contributed by atoms with E-state index in [4.69, 9.17) is 0 Å². The molecule has 1 rings (SSSR count). The predicted octanol–water partition coefficient (Wildman–Crippen LogP) is 2.92. The van der Waals surface area contributed by atoms with Crippen LogP contribution in [0.1, 0.15) is 33.4 Å². The Hall–Kier alpha value is -1.09. The Bertz CT molecular complexity index is 326. The number of rotatable bonds is 6. The van der Waals surface area contributed by atoms with Gasteiger partial charge in [-0.05, 0) is 46.8 Å². The van der Waals surface area contributed by atoms with E-state index in [1.54, 1.807) is 0 Å². The van der Waals surface area contributed by atoms with E-state index < -0.39 is 0 Å². The molecule has 0 bridgehead atoms. The molecule has 96 valence electrons. The summed E-state index contributed by atoms with van der Waals surface area (Å²) < 4.78 is 0. The summed E-state index contributed by atoms with van der Waals surface area (Å²) in [7, 11) is 0. The fraction of sp³-hybridized carbons (Fsp3) is 0.643. The van der Waals surface area contributed by atoms with E-state index in [0.29, 0.717) is 12.1 Å². The van der Waals surface area contributed by atoms with Crippen LogP contribution in [0.5, 0.6) is 0 Å². The third-order valence-corrected chi connectivity index (χ3v) is 2.92. The summed E-state index contributed by atoms with van der Waals surface area (Å²) in [5.74, 6) is 0. The van der Waals surface area contributed by atoms with Gasteiger partial charge in [0.1, 0.15) is 0 Å². The number of nitrogens with one attached hydrogen (secondary N) is 1. The summed E-state index contributed by atoms with van der Waals surface area (Å²) in [6.45, 7) is 13.0. The maximum absolute atomic E-state index is 4.19. The van der Waals surface area contributed by atoms with Crippen LogP contribution in [0.2, 0.25) is 0 Å². The third kappa shape index (κ3) is 4.73. The smallest absolute Gasteiger partial charge is 0.0393 e. The summed E-state index contributed by atoms with van der Waals surface area (Å²) >= 11 is 0. The van der Waals surface area contributed by atoms with E-state index in [2.05, 4.69) is 49.0 Å². The van der Waals surface area contributed by atoms with Crippen LogP contribution in [0.15, 0.2) is 18.3 Å². The van der Waals surface area contributed by atoms with Crippen molar-refractivity contribution in [3.63, 3.8) is 0 Å². The Kier molecular flexibility index (Phi) is 5.42. The molecule has 1 N–H and O–H groups in total. The van der Waals surface area contributed by atoms with Crippen LogP contribution in [0, 0.1) is 6.92 Å². The lowest BCUT2D eigenvalue weighted by molar-refractivity contribution is 0.182. The minimum atomic E-state index is 0.593. The van der Waals surface area contributed by atoms with E-state index in [-0.39, 0.29) is 0 Å². The van der Waals surface area contributed by atoms with E-state index in [9.17, 15) is 0 Å². The summed E-state index contributed by atoms with van der Waals surface area (Å²) in [6.07, 6.45) is 1.85. The Labute approximate surface area is 105 Å². The van der Waals surface area contributed by atoms with Crippen LogP contribution in [-0.2, 0) is 0 Å². The molecular formula is C14H25N3. The van der Waals surface area contributed by atoms with E-state index >= 15 is 0 Å². The quantitative estimate of drug-likeness (QED) is 0.821. The summed E-state index contributed by atoms with van der Waals surface area (Å²) in [5.41, 5.74) is 2.21. The SMILES string of the molecule is Cc1cc(NCCN(C(C)C)C(C)C)ccn1. The van der Waals surface area contributed by atoms with Crippen molar-refractivity contribution >= 4 is 5.69 Å². The fourth-order valence-electron chi connectivity index (χ4n) is 2.10. The minimum absolute atomic E-state index is 0.593. The largest absolute Gasteiger partial charge is 0.384 e. The average Bonchev–Trinajstić information content (AvgIpc) is 2.23. The normalized spacial score (nSPS) is 11.5. The van der Waals surface area contributed by atoms with Gasteiger partial charge in [-0.25, -0.2) is 0 Å². The van der Waals surface area contributed by atoms with Crippen LogP contribution in [0.25, 0.3) is 0 Å². The zero-order chi connectivity index (χ0) is 12.8. The second kappa shape index (κ2) is 6.60. The van der Waals surface area contributed by atoms with Crippen molar-refractivity contribution in [2.24, 2.45) is 0 Å². The fourth-order valence-corrected chi connectivity index (χ4v) is 2.10. The summed E-state index contributed by atoms with van der Waals surface area (Å²) in [5, 5.41) is 3.44. The number of anilines is 1. The Balaban J connectivity index is 2.41. The second-order valence-corrected chi connectivity index (χ2v) is 5.04.